The summed E-state index contributed by atoms with van der Waals surface area (Å²) in [7, 11) is 0. The normalized spacial score (nSPS) is 12.3. The first-order valence-corrected chi connectivity index (χ1v) is 8.70. The van der Waals surface area contributed by atoms with Crippen LogP contribution in [0.15, 0.2) is 29.6 Å². The number of thioether (sulfide) groups is 1. The van der Waals surface area contributed by atoms with Gasteiger partial charge in [-0.15, -0.1) is 0 Å². The number of benzene rings is 1. The molecule has 4 N–H and O–H groups in total. The first-order valence-electron chi connectivity index (χ1n) is 7.71. The summed E-state index contributed by atoms with van der Waals surface area (Å²) in [6, 6.07) is 3.73. The van der Waals surface area contributed by atoms with Crippen molar-refractivity contribution < 1.29 is 13.9 Å². The summed E-state index contributed by atoms with van der Waals surface area (Å²) in [6.07, 6.45) is 1.38. The molecule has 0 radical (unpaired) electrons. The highest BCUT2D eigenvalue weighted by Gasteiger charge is 2.14. The van der Waals surface area contributed by atoms with E-state index < -0.39 is 11.6 Å². The van der Waals surface area contributed by atoms with Gasteiger partial charge in [0.25, 0.3) is 0 Å². The summed E-state index contributed by atoms with van der Waals surface area (Å²) in [4.78, 5) is 16.9. The smallest absolute Gasteiger partial charge is 0.192 e. The SMILES string of the molecule is CC(CO)Nc1nc(SCc2cccc(F)c2F)nc2nc(N)cnc12. The van der Waals surface area contributed by atoms with Gasteiger partial charge < -0.3 is 16.2 Å². The number of halogens is 2. The molecular weight excluding hydrogens is 362 g/mol. The van der Waals surface area contributed by atoms with Crippen molar-refractivity contribution in [3.8, 4) is 0 Å². The minimum absolute atomic E-state index is 0.106. The number of nitrogens with one attached hydrogen (secondary N) is 1. The maximum absolute atomic E-state index is 13.8. The van der Waals surface area contributed by atoms with Gasteiger partial charge in [-0.1, -0.05) is 23.9 Å². The second kappa shape index (κ2) is 7.75. The highest BCUT2D eigenvalue weighted by atomic mass is 32.2. The predicted molar refractivity (Wildman–Crippen MR) is 95.6 cm³/mol. The minimum atomic E-state index is -0.903. The lowest BCUT2D eigenvalue weighted by molar-refractivity contribution is 0.281. The van der Waals surface area contributed by atoms with Gasteiger partial charge in [0.1, 0.15) is 5.82 Å². The van der Waals surface area contributed by atoms with Gasteiger partial charge >= 0.3 is 0 Å². The van der Waals surface area contributed by atoms with Gasteiger partial charge in [0, 0.05) is 17.4 Å². The minimum Gasteiger partial charge on any atom is -0.394 e. The van der Waals surface area contributed by atoms with Crippen LogP contribution in [0.5, 0.6) is 0 Å². The van der Waals surface area contributed by atoms with Gasteiger partial charge in [0.15, 0.2) is 33.8 Å². The van der Waals surface area contributed by atoms with Crippen molar-refractivity contribution in [2.24, 2.45) is 0 Å². The predicted octanol–water partition coefficient (Wildman–Crippen LogP) is 2.37. The van der Waals surface area contributed by atoms with E-state index in [0.29, 0.717) is 16.5 Å². The van der Waals surface area contributed by atoms with E-state index in [1.807, 2.05) is 0 Å². The van der Waals surface area contributed by atoms with Crippen LogP contribution in [-0.4, -0.2) is 37.7 Å². The van der Waals surface area contributed by atoms with Crippen molar-refractivity contribution in [3.05, 3.63) is 41.6 Å². The molecule has 10 heteroatoms. The molecule has 1 unspecified atom stereocenters. The highest BCUT2D eigenvalue weighted by molar-refractivity contribution is 7.98. The number of aliphatic hydroxyl groups is 1. The van der Waals surface area contributed by atoms with E-state index in [1.54, 1.807) is 6.92 Å². The molecule has 0 fully saturated rings. The molecule has 0 saturated carbocycles. The molecule has 0 saturated heterocycles. The van der Waals surface area contributed by atoms with Crippen LogP contribution in [0.2, 0.25) is 0 Å². The molecule has 1 atom stereocenters. The third kappa shape index (κ3) is 3.97. The zero-order chi connectivity index (χ0) is 18.7. The van der Waals surface area contributed by atoms with E-state index in [0.717, 1.165) is 17.8 Å². The van der Waals surface area contributed by atoms with E-state index >= 15 is 0 Å². The van der Waals surface area contributed by atoms with E-state index in [2.05, 4.69) is 25.3 Å². The molecule has 0 aliphatic heterocycles. The molecule has 3 rings (SSSR count). The summed E-state index contributed by atoms with van der Waals surface area (Å²) in [5.41, 5.74) is 6.54. The van der Waals surface area contributed by atoms with Gasteiger partial charge in [-0.2, -0.15) is 0 Å². The monoisotopic (exact) mass is 378 g/mol. The van der Waals surface area contributed by atoms with Crippen molar-refractivity contribution in [2.75, 3.05) is 17.7 Å². The third-order valence-corrected chi connectivity index (χ3v) is 4.35. The Labute approximate surface area is 152 Å². The number of hydrogen-bond donors (Lipinski definition) is 3. The number of fused-ring (bicyclic) bond motifs is 1. The van der Waals surface area contributed by atoms with Gasteiger partial charge in [0.05, 0.1) is 12.8 Å². The fourth-order valence-corrected chi connectivity index (χ4v) is 2.96. The molecule has 0 bridgehead atoms. The molecule has 0 aliphatic carbocycles. The quantitative estimate of drug-likeness (QED) is 0.443. The van der Waals surface area contributed by atoms with E-state index in [9.17, 15) is 13.9 Å². The fourth-order valence-electron chi connectivity index (χ4n) is 2.15. The summed E-state index contributed by atoms with van der Waals surface area (Å²) >= 11 is 1.13. The Bertz CT molecular complexity index is 942. The molecule has 1 aromatic carbocycles. The Morgan fingerprint density at radius 3 is 2.85 bits per heavy atom. The molecule has 136 valence electrons. The summed E-state index contributed by atoms with van der Waals surface area (Å²) < 4.78 is 27.1. The Kier molecular flexibility index (Phi) is 5.43. The molecule has 0 aliphatic rings. The fraction of sp³-hybridized carbons (Fsp3) is 0.250. The van der Waals surface area contributed by atoms with Crippen LogP contribution in [0.4, 0.5) is 20.4 Å². The first-order chi connectivity index (χ1) is 12.5. The average molecular weight is 378 g/mol. The van der Waals surface area contributed by atoms with Crippen molar-refractivity contribution >= 4 is 34.6 Å². The molecule has 7 nitrogen and oxygen atoms in total. The maximum atomic E-state index is 13.8. The zero-order valence-corrected chi connectivity index (χ0v) is 14.6. The van der Waals surface area contributed by atoms with Crippen LogP contribution in [-0.2, 0) is 5.75 Å². The number of aliphatic hydroxyl groups excluding tert-OH is 1. The Hall–Kier alpha value is -2.59. The van der Waals surface area contributed by atoms with Crippen LogP contribution in [0, 0.1) is 11.6 Å². The second-order valence-corrected chi connectivity index (χ2v) is 6.49. The lowest BCUT2D eigenvalue weighted by atomic mass is 10.2. The van der Waals surface area contributed by atoms with Crippen LogP contribution in [0.1, 0.15) is 12.5 Å². The number of nitrogens with zero attached hydrogens (tertiary/aromatic N) is 4. The molecule has 3 aromatic rings. The summed E-state index contributed by atoms with van der Waals surface area (Å²) in [6.45, 7) is 1.67. The van der Waals surface area contributed by atoms with E-state index in [1.165, 1.54) is 18.3 Å². The number of anilines is 2. The zero-order valence-electron chi connectivity index (χ0n) is 13.8. The molecule has 2 heterocycles. The lowest BCUT2D eigenvalue weighted by Crippen LogP contribution is -2.21. The second-order valence-electron chi connectivity index (χ2n) is 5.55. The Morgan fingerprint density at radius 2 is 2.08 bits per heavy atom. The topological polar surface area (TPSA) is 110 Å². The van der Waals surface area contributed by atoms with Crippen molar-refractivity contribution in [1.29, 1.82) is 0 Å². The lowest BCUT2D eigenvalue weighted by Gasteiger charge is -2.13. The van der Waals surface area contributed by atoms with Gasteiger partial charge in [0.2, 0.25) is 0 Å². The average Bonchev–Trinajstić information content (AvgIpc) is 2.62. The number of rotatable bonds is 6. The van der Waals surface area contributed by atoms with E-state index in [-0.39, 0.29) is 35.4 Å². The van der Waals surface area contributed by atoms with Gasteiger partial charge in [-0.25, -0.2) is 28.7 Å². The Morgan fingerprint density at radius 1 is 1.27 bits per heavy atom. The van der Waals surface area contributed by atoms with Crippen LogP contribution >= 0.6 is 11.8 Å². The number of nitrogens with two attached hydrogens (primary N) is 1. The largest absolute Gasteiger partial charge is 0.394 e. The molecule has 0 amide bonds. The van der Waals surface area contributed by atoms with Crippen LogP contribution in [0.25, 0.3) is 11.2 Å². The van der Waals surface area contributed by atoms with Crippen molar-refractivity contribution in [2.45, 2.75) is 23.9 Å². The summed E-state index contributed by atoms with van der Waals surface area (Å²) in [5.74, 6) is -1.08. The standard InChI is InChI=1S/C16H16F2N6OS/c1-8(6-25)21-14-13-15(22-11(19)5-20-13)24-16(23-14)26-7-9-3-2-4-10(17)12(9)18/h2-5,8,25H,6-7H2,1H3,(H3,19,21,22,23,24). The van der Waals surface area contributed by atoms with Crippen molar-refractivity contribution in [3.63, 3.8) is 0 Å². The molecule has 0 spiro atoms. The van der Waals surface area contributed by atoms with Crippen LogP contribution in [0.3, 0.4) is 0 Å². The number of aromatic nitrogens is 4. The molecule has 2 aromatic heterocycles. The summed E-state index contributed by atoms with van der Waals surface area (Å²) in [5, 5.41) is 12.6. The number of hydrogen-bond acceptors (Lipinski definition) is 8. The molecular formula is C16H16F2N6OS. The highest BCUT2D eigenvalue weighted by Crippen LogP contribution is 2.26. The number of nitrogen functional groups attached to an aromatic ring is 1. The molecule has 26 heavy (non-hydrogen) atoms. The first kappa shape index (κ1) is 18.2. The van der Waals surface area contributed by atoms with Crippen molar-refractivity contribution in [1.82, 2.24) is 19.9 Å². The third-order valence-electron chi connectivity index (χ3n) is 3.45. The van der Waals surface area contributed by atoms with Crippen LogP contribution < -0.4 is 11.1 Å². The van der Waals surface area contributed by atoms with E-state index in [4.69, 9.17) is 5.73 Å². The van der Waals surface area contributed by atoms with Gasteiger partial charge in [-0.3, -0.25) is 0 Å². The maximum Gasteiger partial charge on any atom is 0.192 e. The van der Waals surface area contributed by atoms with Gasteiger partial charge in [-0.05, 0) is 13.0 Å². The Balaban J connectivity index is 1.93.